The van der Waals surface area contributed by atoms with Crippen molar-refractivity contribution in [2.24, 2.45) is 16.0 Å². The number of carbonyl (C=O) groups is 1. The van der Waals surface area contributed by atoms with Crippen molar-refractivity contribution in [2.45, 2.75) is 57.6 Å². The molecule has 1 unspecified atom stereocenters. The number of carbonyl (C=O) groups excluding carboxylic acids is 1. The van der Waals surface area contributed by atoms with E-state index in [0.717, 1.165) is 23.8 Å². The van der Waals surface area contributed by atoms with Gasteiger partial charge in [-0.15, -0.1) is 0 Å². The average molecular weight is 557 g/mol. The second-order valence-electron chi connectivity index (χ2n) is 9.62. The molecule has 208 valence electrons. The molecule has 0 fully saturated rings. The minimum Gasteiger partial charge on any atom is -0.365 e. The number of aliphatic imine (C=N–C) groups is 1. The van der Waals surface area contributed by atoms with E-state index in [1.165, 1.54) is 16.8 Å². The number of hydrazone groups is 1. The van der Waals surface area contributed by atoms with Crippen LogP contribution in [0, 0.1) is 29.0 Å². The van der Waals surface area contributed by atoms with E-state index >= 15 is 0 Å². The third-order valence-electron chi connectivity index (χ3n) is 6.04. The van der Waals surface area contributed by atoms with Gasteiger partial charge in [0.05, 0.1) is 6.10 Å². The molecule has 0 radical (unpaired) electrons. The second kappa shape index (κ2) is 13.5. The zero-order chi connectivity index (χ0) is 28.6. The molecule has 11 heteroatoms. The number of guanidine groups is 1. The summed E-state index contributed by atoms with van der Waals surface area (Å²) in [5.74, 6) is -1.44. The maximum atomic E-state index is 14.9. The lowest BCUT2D eigenvalue weighted by molar-refractivity contribution is -0.154. The van der Waals surface area contributed by atoms with Gasteiger partial charge in [0.15, 0.2) is 6.19 Å². The predicted octanol–water partition coefficient (Wildman–Crippen LogP) is 4.93. The number of thioether (sulfide) groups is 1. The lowest BCUT2D eigenvalue weighted by atomic mass is 9.98. The summed E-state index contributed by atoms with van der Waals surface area (Å²) in [6, 6.07) is 12.6. The fourth-order valence-corrected chi connectivity index (χ4v) is 5.68. The van der Waals surface area contributed by atoms with Gasteiger partial charge in [0.25, 0.3) is 5.91 Å². The van der Waals surface area contributed by atoms with E-state index < -0.39 is 22.6 Å². The van der Waals surface area contributed by atoms with Gasteiger partial charge < -0.3 is 10.1 Å². The number of halogens is 2. The van der Waals surface area contributed by atoms with E-state index in [4.69, 9.17) is 10.00 Å². The van der Waals surface area contributed by atoms with Crippen LogP contribution >= 0.6 is 11.8 Å². The molecule has 0 aromatic heterocycles. The highest BCUT2D eigenvalue weighted by atomic mass is 32.2. The topological polar surface area (TPSA) is 102 Å². The molecule has 2 aromatic rings. The van der Waals surface area contributed by atoms with Crippen molar-refractivity contribution in [3.63, 3.8) is 0 Å². The van der Waals surface area contributed by atoms with E-state index in [9.17, 15) is 13.6 Å². The molecule has 2 aromatic carbocycles. The van der Waals surface area contributed by atoms with E-state index in [-0.39, 0.29) is 28.5 Å². The maximum Gasteiger partial charge on any atom is 0.273 e. The number of rotatable bonds is 10. The first-order chi connectivity index (χ1) is 18.6. The van der Waals surface area contributed by atoms with Gasteiger partial charge in [-0.2, -0.15) is 10.4 Å². The van der Waals surface area contributed by atoms with Crippen molar-refractivity contribution >= 4 is 28.7 Å². The van der Waals surface area contributed by atoms with Gasteiger partial charge in [0.2, 0.25) is 5.96 Å². The molecule has 0 spiro atoms. The van der Waals surface area contributed by atoms with Gasteiger partial charge >= 0.3 is 0 Å². The van der Waals surface area contributed by atoms with E-state index in [1.54, 1.807) is 7.05 Å². The molecule has 2 N–H and O–H groups in total. The molecule has 1 amide bonds. The Bertz CT molecular complexity index is 1250. The molecule has 1 aliphatic rings. The second-order valence-corrected chi connectivity index (χ2v) is 10.9. The Kier molecular flexibility index (Phi) is 10.4. The predicted molar refractivity (Wildman–Crippen MR) is 150 cm³/mol. The van der Waals surface area contributed by atoms with Gasteiger partial charge in [-0.3, -0.25) is 15.1 Å². The minimum atomic E-state index is -1.06. The minimum absolute atomic E-state index is 0.0155. The molecule has 1 heterocycles. The molecule has 0 saturated carbocycles. The fraction of sp³-hybridized carbons (Fsp3) is 0.429. The van der Waals surface area contributed by atoms with Crippen LogP contribution in [0.25, 0.3) is 0 Å². The number of hydrogen-bond acceptors (Lipinski definition) is 6. The summed E-state index contributed by atoms with van der Waals surface area (Å²) in [6.45, 7) is 7.94. The van der Waals surface area contributed by atoms with Crippen LogP contribution in [-0.2, 0) is 14.4 Å². The molecule has 39 heavy (non-hydrogen) atoms. The van der Waals surface area contributed by atoms with Crippen molar-refractivity contribution < 1.29 is 18.3 Å². The first kappa shape index (κ1) is 30.1. The smallest absolute Gasteiger partial charge is 0.273 e. The first-order valence-corrected chi connectivity index (χ1v) is 13.6. The maximum absolute atomic E-state index is 14.9. The number of benzene rings is 2. The highest BCUT2D eigenvalue weighted by Gasteiger charge is 2.50. The molecular formula is C28H34F2N6O2S. The normalized spacial score (nSPS) is 18.2. The summed E-state index contributed by atoms with van der Waals surface area (Å²) in [4.78, 5) is 17.1. The van der Waals surface area contributed by atoms with Crippen LogP contribution in [0.3, 0.4) is 0 Å². The zero-order valence-electron chi connectivity index (χ0n) is 22.7. The molecular weight excluding hydrogens is 522 g/mol. The number of amides is 1. The van der Waals surface area contributed by atoms with E-state index in [1.807, 2.05) is 64.2 Å². The van der Waals surface area contributed by atoms with Gasteiger partial charge in [-0.05, 0) is 56.4 Å². The SMILES string of the molecule is CN=C(NC#N)NCCCC1(c2ccccc2)SC(c2cc(F)ccc2F)=NN1C(=O)[C@@H](OC(C)C)C(C)C. The van der Waals surface area contributed by atoms with Gasteiger partial charge in [-0.1, -0.05) is 55.9 Å². The molecule has 1 aliphatic heterocycles. The zero-order valence-corrected chi connectivity index (χ0v) is 23.6. The van der Waals surface area contributed by atoms with Crippen molar-refractivity contribution in [2.75, 3.05) is 13.6 Å². The number of nitrogens with one attached hydrogen (secondary N) is 2. The largest absolute Gasteiger partial charge is 0.365 e. The Morgan fingerprint density at radius 3 is 2.54 bits per heavy atom. The van der Waals surface area contributed by atoms with Gasteiger partial charge in [0, 0.05) is 19.2 Å². The number of nitrogens with zero attached hydrogens (tertiary/aromatic N) is 4. The Balaban J connectivity index is 2.08. The summed E-state index contributed by atoms with van der Waals surface area (Å²) in [6.07, 6.45) is 1.75. The third kappa shape index (κ3) is 7.13. The van der Waals surface area contributed by atoms with Crippen LogP contribution in [0.2, 0.25) is 0 Å². The van der Waals surface area contributed by atoms with Gasteiger partial charge in [-0.25, -0.2) is 13.8 Å². The average Bonchev–Trinajstić information content (AvgIpc) is 3.30. The Morgan fingerprint density at radius 2 is 1.92 bits per heavy atom. The monoisotopic (exact) mass is 556 g/mol. The fourth-order valence-electron chi connectivity index (χ4n) is 4.25. The van der Waals surface area contributed by atoms with Crippen LogP contribution in [0.4, 0.5) is 8.78 Å². The third-order valence-corrected chi connectivity index (χ3v) is 7.49. The van der Waals surface area contributed by atoms with Crippen LogP contribution in [0.5, 0.6) is 0 Å². The Morgan fingerprint density at radius 1 is 1.21 bits per heavy atom. The number of nitriles is 1. The lowest BCUT2D eigenvalue weighted by Gasteiger charge is -2.38. The molecule has 0 bridgehead atoms. The highest BCUT2D eigenvalue weighted by molar-refractivity contribution is 8.15. The van der Waals surface area contributed by atoms with E-state index in [2.05, 4.69) is 20.7 Å². The first-order valence-electron chi connectivity index (χ1n) is 12.8. The summed E-state index contributed by atoms with van der Waals surface area (Å²) in [7, 11) is 1.56. The standard InChI is InChI=1S/C28H34F2N6O2S/c1-18(2)24(38-19(3)4)26(37)36-28(20-10-7-6-8-11-20,14-9-15-33-27(32-5)34-17-31)39-25(35-36)22-16-21(29)12-13-23(22)30/h6-8,10-13,16,18-19,24H,9,14-15H2,1-5H3,(H2,32,33,34)/t24-,28?/m0/s1. The summed E-state index contributed by atoms with van der Waals surface area (Å²) in [5, 5.41) is 20.7. The lowest BCUT2D eigenvalue weighted by Crippen LogP contribution is -2.49. The van der Waals surface area contributed by atoms with Crippen LogP contribution < -0.4 is 10.6 Å². The number of hydrogen-bond donors (Lipinski definition) is 2. The van der Waals surface area contributed by atoms with Crippen molar-refractivity contribution in [1.29, 1.82) is 5.26 Å². The molecule has 2 atom stereocenters. The van der Waals surface area contributed by atoms with Crippen LogP contribution in [0.15, 0.2) is 58.6 Å². The van der Waals surface area contributed by atoms with Crippen molar-refractivity contribution in [3.8, 4) is 6.19 Å². The summed E-state index contributed by atoms with van der Waals surface area (Å²) >= 11 is 1.21. The van der Waals surface area contributed by atoms with Crippen molar-refractivity contribution in [1.82, 2.24) is 15.6 Å². The number of ether oxygens (including phenoxy) is 1. The molecule has 0 aliphatic carbocycles. The molecule has 0 saturated heterocycles. The summed E-state index contributed by atoms with van der Waals surface area (Å²) in [5.41, 5.74) is 0.767. The van der Waals surface area contributed by atoms with Crippen molar-refractivity contribution in [3.05, 3.63) is 71.3 Å². The highest BCUT2D eigenvalue weighted by Crippen LogP contribution is 2.51. The summed E-state index contributed by atoms with van der Waals surface area (Å²) < 4.78 is 35.1. The van der Waals surface area contributed by atoms with Crippen LogP contribution in [0.1, 0.15) is 51.7 Å². The Labute approximate surface area is 232 Å². The Hall–Kier alpha value is -3.49. The van der Waals surface area contributed by atoms with Gasteiger partial charge in [0.1, 0.15) is 27.7 Å². The molecule has 8 nitrogen and oxygen atoms in total. The van der Waals surface area contributed by atoms with Crippen LogP contribution in [-0.4, -0.2) is 47.7 Å². The van der Waals surface area contributed by atoms with E-state index in [0.29, 0.717) is 25.3 Å². The quantitative estimate of drug-likeness (QED) is 0.141. The molecule has 3 rings (SSSR count).